The van der Waals surface area contributed by atoms with Crippen LogP contribution in [0.3, 0.4) is 0 Å². The second kappa shape index (κ2) is 7.41. The quantitative estimate of drug-likeness (QED) is 0.762. The summed E-state index contributed by atoms with van der Waals surface area (Å²) < 4.78 is 0. The molecule has 1 fully saturated rings. The lowest BCUT2D eigenvalue weighted by Gasteiger charge is -2.24. The van der Waals surface area contributed by atoms with E-state index in [0.717, 1.165) is 30.7 Å². The zero-order valence-electron chi connectivity index (χ0n) is 12.5. The number of hydrogen-bond donors (Lipinski definition) is 0. The van der Waals surface area contributed by atoms with E-state index in [4.69, 9.17) is 0 Å². The molecule has 0 aromatic heterocycles. The van der Waals surface area contributed by atoms with Gasteiger partial charge >= 0.3 is 0 Å². The van der Waals surface area contributed by atoms with E-state index in [1.807, 2.05) is 35.7 Å². The van der Waals surface area contributed by atoms with Gasteiger partial charge in [-0.25, -0.2) is 0 Å². The van der Waals surface area contributed by atoms with Crippen molar-refractivity contribution in [3.8, 4) is 0 Å². The van der Waals surface area contributed by atoms with Crippen molar-refractivity contribution in [3.63, 3.8) is 0 Å². The molecule has 20 heavy (non-hydrogen) atoms. The van der Waals surface area contributed by atoms with Crippen LogP contribution in [0, 0.1) is 0 Å². The highest BCUT2D eigenvalue weighted by molar-refractivity contribution is 7.99. The minimum atomic E-state index is 0.197. The van der Waals surface area contributed by atoms with Crippen LogP contribution in [0.25, 0.3) is 0 Å². The summed E-state index contributed by atoms with van der Waals surface area (Å²) in [6.45, 7) is 5.27. The zero-order valence-corrected chi connectivity index (χ0v) is 14.1. The first-order chi connectivity index (χ1) is 9.61. The molecule has 0 radical (unpaired) electrons. The molecule has 0 spiro atoms. The zero-order chi connectivity index (χ0) is 14.5. The van der Waals surface area contributed by atoms with Gasteiger partial charge in [0.2, 0.25) is 0 Å². The highest BCUT2D eigenvalue weighted by Gasteiger charge is 2.28. The fraction of sp³-hybridized carbons (Fsp3) is 0.562. The maximum Gasteiger partial charge on any atom is 0.254 e. The molecule has 1 aliphatic rings. The number of hydrogen-bond acceptors (Lipinski definition) is 3. The molecule has 1 unspecified atom stereocenters. The lowest BCUT2D eigenvalue weighted by atomic mass is 10.2. The molecular formula is C16H23NOS2. The van der Waals surface area contributed by atoms with Gasteiger partial charge in [0, 0.05) is 34.0 Å². The highest BCUT2D eigenvalue weighted by atomic mass is 32.2. The SMILES string of the molecule is CSCC1CCCN1C(=O)c1ccc(SC(C)C)cc1. The van der Waals surface area contributed by atoms with Crippen molar-refractivity contribution in [2.75, 3.05) is 18.6 Å². The number of carbonyl (C=O) groups is 1. The summed E-state index contributed by atoms with van der Waals surface area (Å²) in [5.74, 6) is 1.25. The molecule has 1 amide bonds. The summed E-state index contributed by atoms with van der Waals surface area (Å²) in [4.78, 5) is 15.9. The second-order valence-electron chi connectivity index (χ2n) is 5.44. The van der Waals surface area contributed by atoms with Crippen molar-refractivity contribution in [2.45, 2.75) is 42.9 Å². The Labute approximate surface area is 130 Å². The largest absolute Gasteiger partial charge is 0.335 e. The van der Waals surface area contributed by atoms with E-state index in [9.17, 15) is 4.79 Å². The molecule has 110 valence electrons. The van der Waals surface area contributed by atoms with Crippen LogP contribution in [-0.4, -0.2) is 40.7 Å². The first-order valence-corrected chi connectivity index (χ1v) is 9.45. The third kappa shape index (κ3) is 3.95. The molecule has 0 N–H and O–H groups in total. The second-order valence-corrected chi connectivity index (χ2v) is 8.00. The van der Waals surface area contributed by atoms with E-state index < -0.39 is 0 Å². The monoisotopic (exact) mass is 309 g/mol. The fourth-order valence-corrected chi connectivity index (χ4v) is 4.15. The molecule has 4 heteroatoms. The van der Waals surface area contributed by atoms with E-state index in [1.54, 1.807) is 0 Å². The van der Waals surface area contributed by atoms with Crippen molar-refractivity contribution in [1.29, 1.82) is 0 Å². The van der Waals surface area contributed by atoms with Crippen LogP contribution in [0.4, 0.5) is 0 Å². The number of amides is 1. The Morgan fingerprint density at radius 1 is 1.35 bits per heavy atom. The van der Waals surface area contributed by atoms with Crippen molar-refractivity contribution < 1.29 is 4.79 Å². The molecule has 0 saturated carbocycles. The van der Waals surface area contributed by atoms with Gasteiger partial charge in [0.25, 0.3) is 5.91 Å². The summed E-state index contributed by atoms with van der Waals surface area (Å²) in [5.41, 5.74) is 0.825. The van der Waals surface area contributed by atoms with Gasteiger partial charge in [-0.15, -0.1) is 11.8 Å². The van der Waals surface area contributed by atoms with Gasteiger partial charge in [-0.1, -0.05) is 13.8 Å². The van der Waals surface area contributed by atoms with Gasteiger partial charge in [-0.3, -0.25) is 4.79 Å². The van der Waals surface area contributed by atoms with Crippen molar-refractivity contribution in [1.82, 2.24) is 4.90 Å². The topological polar surface area (TPSA) is 20.3 Å². The van der Waals surface area contributed by atoms with Crippen LogP contribution >= 0.6 is 23.5 Å². The smallest absolute Gasteiger partial charge is 0.254 e. The fourth-order valence-electron chi connectivity index (χ4n) is 2.58. The Morgan fingerprint density at radius 2 is 2.05 bits per heavy atom. The molecule has 1 aromatic carbocycles. The number of nitrogens with zero attached hydrogens (tertiary/aromatic N) is 1. The van der Waals surface area contributed by atoms with Crippen molar-refractivity contribution in [3.05, 3.63) is 29.8 Å². The number of benzene rings is 1. The lowest BCUT2D eigenvalue weighted by Crippen LogP contribution is -2.36. The van der Waals surface area contributed by atoms with E-state index in [2.05, 4.69) is 37.1 Å². The van der Waals surface area contributed by atoms with Crippen LogP contribution in [0.1, 0.15) is 37.0 Å². The van der Waals surface area contributed by atoms with Gasteiger partial charge in [0.05, 0.1) is 0 Å². The number of likely N-dealkylation sites (tertiary alicyclic amines) is 1. The summed E-state index contributed by atoms with van der Waals surface area (Å²) in [5, 5.41) is 0.570. The van der Waals surface area contributed by atoms with Gasteiger partial charge in [0.1, 0.15) is 0 Å². The molecule has 1 aromatic rings. The van der Waals surface area contributed by atoms with E-state index >= 15 is 0 Å². The summed E-state index contributed by atoms with van der Waals surface area (Å²) in [7, 11) is 0. The maximum atomic E-state index is 12.6. The maximum absolute atomic E-state index is 12.6. The highest BCUT2D eigenvalue weighted by Crippen LogP contribution is 2.25. The van der Waals surface area contributed by atoms with Crippen LogP contribution in [0.2, 0.25) is 0 Å². The predicted octanol–water partition coefficient (Wildman–Crippen LogP) is 4.15. The van der Waals surface area contributed by atoms with Crippen LogP contribution in [0.15, 0.2) is 29.2 Å². The lowest BCUT2D eigenvalue weighted by molar-refractivity contribution is 0.0750. The normalized spacial score (nSPS) is 18.8. The first-order valence-electron chi connectivity index (χ1n) is 7.18. The molecule has 1 saturated heterocycles. The van der Waals surface area contributed by atoms with E-state index in [0.29, 0.717) is 11.3 Å². The third-order valence-corrected chi connectivity index (χ3v) is 5.20. The number of thioether (sulfide) groups is 2. The van der Waals surface area contributed by atoms with Gasteiger partial charge in [-0.05, 0) is 43.4 Å². The van der Waals surface area contributed by atoms with Gasteiger partial charge < -0.3 is 4.90 Å². The van der Waals surface area contributed by atoms with Crippen LogP contribution < -0.4 is 0 Å². The van der Waals surface area contributed by atoms with Crippen molar-refractivity contribution >= 4 is 29.4 Å². The molecular weight excluding hydrogens is 286 g/mol. The van der Waals surface area contributed by atoms with Crippen molar-refractivity contribution in [2.24, 2.45) is 0 Å². The molecule has 0 aliphatic carbocycles. The molecule has 0 bridgehead atoms. The summed E-state index contributed by atoms with van der Waals surface area (Å²) in [6.07, 6.45) is 4.39. The Hall–Kier alpha value is -0.610. The number of carbonyl (C=O) groups excluding carboxylic acids is 1. The van der Waals surface area contributed by atoms with Crippen LogP contribution in [-0.2, 0) is 0 Å². The minimum Gasteiger partial charge on any atom is -0.335 e. The van der Waals surface area contributed by atoms with Crippen LogP contribution in [0.5, 0.6) is 0 Å². The van der Waals surface area contributed by atoms with Gasteiger partial charge in [0.15, 0.2) is 0 Å². The average Bonchev–Trinajstić information content (AvgIpc) is 2.87. The molecule has 1 atom stereocenters. The summed E-state index contributed by atoms with van der Waals surface area (Å²) >= 11 is 3.66. The molecule has 1 aliphatic heterocycles. The minimum absolute atomic E-state index is 0.197. The molecule has 2 rings (SSSR count). The Bertz CT molecular complexity index is 444. The number of rotatable bonds is 5. The standard InChI is InChI=1S/C16H23NOS2/c1-12(2)20-15-8-6-13(7-9-15)16(18)17-10-4-5-14(17)11-19-3/h6-9,12,14H,4-5,10-11H2,1-3H3. The third-order valence-electron chi connectivity index (χ3n) is 3.47. The summed E-state index contributed by atoms with van der Waals surface area (Å²) in [6, 6.07) is 8.50. The predicted molar refractivity (Wildman–Crippen MR) is 89.9 cm³/mol. The molecule has 1 heterocycles. The van der Waals surface area contributed by atoms with E-state index in [-0.39, 0.29) is 5.91 Å². The Kier molecular flexibility index (Phi) is 5.85. The van der Waals surface area contributed by atoms with E-state index in [1.165, 1.54) is 4.90 Å². The first kappa shape index (κ1) is 15.8. The Morgan fingerprint density at radius 3 is 2.65 bits per heavy atom. The average molecular weight is 310 g/mol. The Balaban J connectivity index is 2.05. The molecule has 2 nitrogen and oxygen atoms in total. The van der Waals surface area contributed by atoms with Gasteiger partial charge in [-0.2, -0.15) is 11.8 Å².